The van der Waals surface area contributed by atoms with E-state index in [9.17, 15) is 0 Å². The zero-order valence-corrected chi connectivity index (χ0v) is 49.1. The molecule has 8 aromatic carbocycles. The SMILES string of the molecule is CC1=CC2=C3C=CC=CC3c3ccccc3C2C=C1.Cc1ccc(-c2cc(-c3ccccc3)cc(-c3ccccc3)c2)cc1.Cc1ccc(-c2cccc(-c3ccccc3)c2)cc1.Cc1ccccn1.Cc1cccnc1.Cc1ccncc1. The van der Waals surface area contributed by atoms with Gasteiger partial charge in [-0.3, -0.25) is 15.0 Å². The summed E-state index contributed by atoms with van der Waals surface area (Å²) in [6.45, 7) is 12.5. The number of aryl methyl sites for hydroxylation is 5. The molecule has 0 bridgehead atoms. The Labute approximate surface area is 499 Å². The van der Waals surface area contributed by atoms with E-state index in [-0.39, 0.29) is 0 Å². The molecule has 3 aliphatic carbocycles. The van der Waals surface area contributed by atoms with Gasteiger partial charge in [-0.2, -0.15) is 0 Å². The Bertz CT molecular complexity index is 3810. The first-order valence-electron chi connectivity index (χ1n) is 28.9. The Balaban J connectivity index is 0.000000130. The fourth-order valence-corrected chi connectivity index (χ4v) is 10.1. The minimum absolute atomic E-state index is 0.433. The van der Waals surface area contributed by atoms with Gasteiger partial charge in [-0.15, -0.1) is 0 Å². The van der Waals surface area contributed by atoms with Crippen LogP contribution in [0.5, 0.6) is 0 Å². The van der Waals surface area contributed by atoms with Crippen LogP contribution in [0.15, 0.2) is 339 Å². The van der Waals surface area contributed by atoms with Crippen LogP contribution in [0.4, 0.5) is 0 Å². The molecule has 2 atom stereocenters. The van der Waals surface area contributed by atoms with Crippen molar-refractivity contribution in [3.05, 3.63) is 378 Å². The molecular formula is C81H73N3. The maximum Gasteiger partial charge on any atom is 0.0372 e. The van der Waals surface area contributed by atoms with Gasteiger partial charge in [0, 0.05) is 48.5 Å². The lowest BCUT2D eigenvalue weighted by Gasteiger charge is -2.34. The number of benzene rings is 8. The van der Waals surface area contributed by atoms with Crippen molar-refractivity contribution in [3.8, 4) is 55.6 Å². The average Bonchev–Trinajstić information content (AvgIpc) is 2.58. The molecule has 0 saturated heterocycles. The molecule has 3 aliphatic rings. The van der Waals surface area contributed by atoms with Crippen molar-refractivity contribution in [2.45, 2.75) is 53.4 Å². The molecule has 3 heteroatoms. The third-order valence-electron chi connectivity index (χ3n) is 14.7. The first-order valence-corrected chi connectivity index (χ1v) is 28.9. The number of allylic oxidation sites excluding steroid dienone is 10. The van der Waals surface area contributed by atoms with E-state index in [0.29, 0.717) is 11.8 Å². The van der Waals surface area contributed by atoms with E-state index in [1.807, 2.05) is 75.5 Å². The minimum atomic E-state index is 0.433. The molecule has 84 heavy (non-hydrogen) atoms. The van der Waals surface area contributed by atoms with E-state index in [1.165, 1.54) is 106 Å². The van der Waals surface area contributed by atoms with E-state index in [4.69, 9.17) is 0 Å². The van der Waals surface area contributed by atoms with Crippen molar-refractivity contribution >= 4 is 0 Å². The number of aromatic nitrogens is 3. The summed E-state index contributed by atoms with van der Waals surface area (Å²) in [6.07, 6.45) is 24.8. The molecule has 412 valence electrons. The number of nitrogens with zero attached hydrogens (tertiary/aromatic N) is 3. The molecule has 0 spiro atoms. The van der Waals surface area contributed by atoms with Gasteiger partial charge < -0.3 is 0 Å². The molecule has 0 radical (unpaired) electrons. The fourth-order valence-electron chi connectivity index (χ4n) is 10.1. The van der Waals surface area contributed by atoms with Crippen LogP contribution in [-0.2, 0) is 0 Å². The van der Waals surface area contributed by atoms with E-state index >= 15 is 0 Å². The van der Waals surface area contributed by atoms with E-state index < -0.39 is 0 Å². The highest BCUT2D eigenvalue weighted by Crippen LogP contribution is 2.48. The summed E-state index contributed by atoms with van der Waals surface area (Å²) in [5.41, 5.74) is 25.9. The van der Waals surface area contributed by atoms with Crippen LogP contribution >= 0.6 is 0 Å². The zero-order valence-electron chi connectivity index (χ0n) is 49.1. The van der Waals surface area contributed by atoms with Crippen molar-refractivity contribution < 1.29 is 0 Å². The standard InChI is InChI=1S/C25H20.2C19H16.3C6H7N/c1-19-12-14-22(15-13-19)25-17-23(20-8-4-2-5-9-20)16-24(18-25)21-10-6-3-7-11-21;1-13-10-11-18-16-8-3-2-6-14(16)15-7-4-5-9-17(15)19(18)12-13;1-15-10-12-17(13-11-15)19-9-5-8-18(14-19)16-6-3-2-4-7-16;1-6-2-4-7-5-3-6;1-6-3-2-4-7-5-6;1-6-4-2-3-5-7-6/h2-18H,1H3;2-12,15,18H,1H3;2-14H,1H3;3*2-5H,1H3. The van der Waals surface area contributed by atoms with Gasteiger partial charge in [0.05, 0.1) is 0 Å². The van der Waals surface area contributed by atoms with E-state index in [2.05, 4.69) is 278 Å². The Morgan fingerprint density at radius 3 is 1.18 bits per heavy atom. The van der Waals surface area contributed by atoms with Gasteiger partial charge in [-0.05, 0) is 185 Å². The molecule has 3 nitrogen and oxygen atoms in total. The second-order valence-electron chi connectivity index (χ2n) is 21.2. The predicted molar refractivity (Wildman–Crippen MR) is 357 cm³/mol. The monoisotopic (exact) mass is 1090 g/mol. The van der Waals surface area contributed by atoms with Gasteiger partial charge in [-0.1, -0.05) is 253 Å². The molecule has 0 aliphatic heterocycles. The maximum absolute atomic E-state index is 3.98. The highest BCUT2D eigenvalue weighted by Gasteiger charge is 2.31. The second kappa shape index (κ2) is 30.1. The first kappa shape index (κ1) is 58.6. The Hall–Kier alpha value is -10.1. The minimum Gasteiger partial charge on any atom is -0.265 e. The number of hydrogen-bond donors (Lipinski definition) is 0. The summed E-state index contributed by atoms with van der Waals surface area (Å²) in [5.74, 6) is 0.866. The molecule has 0 amide bonds. The van der Waals surface area contributed by atoms with Crippen LogP contribution < -0.4 is 0 Å². The quantitative estimate of drug-likeness (QED) is 0.172. The van der Waals surface area contributed by atoms with Gasteiger partial charge in [0.1, 0.15) is 0 Å². The summed E-state index contributed by atoms with van der Waals surface area (Å²) < 4.78 is 0. The zero-order chi connectivity index (χ0) is 58.3. The molecule has 3 heterocycles. The van der Waals surface area contributed by atoms with Crippen molar-refractivity contribution in [2.24, 2.45) is 0 Å². The smallest absolute Gasteiger partial charge is 0.0372 e. The summed E-state index contributed by atoms with van der Waals surface area (Å²) >= 11 is 0. The second-order valence-corrected chi connectivity index (χ2v) is 21.2. The lowest BCUT2D eigenvalue weighted by molar-refractivity contribution is 0.849. The highest BCUT2D eigenvalue weighted by molar-refractivity contribution is 5.81. The van der Waals surface area contributed by atoms with Crippen LogP contribution in [0.2, 0.25) is 0 Å². The van der Waals surface area contributed by atoms with Gasteiger partial charge in [0.25, 0.3) is 0 Å². The van der Waals surface area contributed by atoms with E-state index in [0.717, 1.165) is 5.69 Å². The molecule has 0 fully saturated rings. The number of fused-ring (bicyclic) bond motifs is 5. The normalized spacial score (nSPS) is 13.7. The number of pyridine rings is 3. The van der Waals surface area contributed by atoms with Crippen LogP contribution in [0.3, 0.4) is 0 Å². The maximum atomic E-state index is 3.98. The largest absolute Gasteiger partial charge is 0.265 e. The molecular weight excluding hydrogens is 1010 g/mol. The number of hydrogen-bond acceptors (Lipinski definition) is 3. The summed E-state index contributed by atoms with van der Waals surface area (Å²) in [6, 6.07) is 87.3. The lowest BCUT2D eigenvalue weighted by Crippen LogP contribution is -2.18. The fraction of sp³-hybridized carbons (Fsp3) is 0.0988. The van der Waals surface area contributed by atoms with Crippen LogP contribution in [0, 0.1) is 34.6 Å². The van der Waals surface area contributed by atoms with Gasteiger partial charge in [0.2, 0.25) is 0 Å². The number of rotatable bonds is 5. The van der Waals surface area contributed by atoms with Crippen LogP contribution in [-0.4, -0.2) is 15.0 Å². The molecule has 3 aromatic heterocycles. The van der Waals surface area contributed by atoms with E-state index in [1.54, 1.807) is 24.8 Å². The summed E-state index contributed by atoms with van der Waals surface area (Å²) in [4.78, 5) is 11.7. The highest BCUT2D eigenvalue weighted by atomic mass is 14.6. The molecule has 0 N–H and O–H groups in total. The summed E-state index contributed by atoms with van der Waals surface area (Å²) in [5, 5.41) is 0. The molecule has 2 unspecified atom stereocenters. The van der Waals surface area contributed by atoms with Crippen molar-refractivity contribution in [2.75, 3.05) is 0 Å². The molecule has 14 rings (SSSR count). The molecule has 0 saturated carbocycles. The van der Waals surface area contributed by atoms with Crippen LogP contribution in [0.1, 0.15) is 57.8 Å². The van der Waals surface area contributed by atoms with Gasteiger partial charge in [-0.25, -0.2) is 0 Å². The first-order chi connectivity index (χ1) is 41.1. The summed E-state index contributed by atoms with van der Waals surface area (Å²) in [7, 11) is 0. The lowest BCUT2D eigenvalue weighted by atomic mass is 9.69. The third kappa shape index (κ3) is 16.8. The Morgan fingerprint density at radius 1 is 0.286 bits per heavy atom. The predicted octanol–water partition coefficient (Wildman–Crippen LogP) is 21.3. The topological polar surface area (TPSA) is 38.7 Å². The van der Waals surface area contributed by atoms with Gasteiger partial charge >= 0.3 is 0 Å². The molecule has 11 aromatic rings. The van der Waals surface area contributed by atoms with Crippen molar-refractivity contribution in [3.63, 3.8) is 0 Å². The Kier molecular flexibility index (Phi) is 21.0. The van der Waals surface area contributed by atoms with Crippen molar-refractivity contribution in [1.82, 2.24) is 15.0 Å². The average molecular weight is 1090 g/mol. The van der Waals surface area contributed by atoms with Crippen molar-refractivity contribution in [1.29, 1.82) is 0 Å². The Morgan fingerprint density at radius 2 is 0.738 bits per heavy atom. The van der Waals surface area contributed by atoms with Gasteiger partial charge in [0.15, 0.2) is 0 Å². The third-order valence-corrected chi connectivity index (χ3v) is 14.7. The van der Waals surface area contributed by atoms with Crippen LogP contribution in [0.25, 0.3) is 55.6 Å².